The molecule has 0 aromatic rings. The van der Waals surface area contributed by atoms with Gasteiger partial charge in [0.2, 0.25) is 0 Å². The van der Waals surface area contributed by atoms with Crippen LogP contribution in [0.15, 0.2) is 0 Å². The third-order valence-corrected chi connectivity index (χ3v) is 4.78. The molecule has 2 nitrogen and oxygen atoms in total. The van der Waals surface area contributed by atoms with Crippen molar-refractivity contribution in [3.8, 4) is 0 Å². The van der Waals surface area contributed by atoms with Crippen molar-refractivity contribution in [2.45, 2.75) is 70.9 Å². The smallest absolute Gasteiger partial charge is 0.0249 e. The maximum atomic E-state index is 3.79. The van der Waals surface area contributed by atoms with E-state index < -0.39 is 0 Å². The first kappa shape index (κ1) is 13.4. The SMILES string of the molecule is CCCC1CN(CC)C(C2CCCCC2)CN1. The van der Waals surface area contributed by atoms with Gasteiger partial charge < -0.3 is 5.32 Å². The van der Waals surface area contributed by atoms with Crippen molar-refractivity contribution in [2.24, 2.45) is 5.92 Å². The van der Waals surface area contributed by atoms with E-state index in [-0.39, 0.29) is 0 Å². The molecule has 2 fully saturated rings. The van der Waals surface area contributed by atoms with Crippen LogP contribution in [-0.2, 0) is 0 Å². The van der Waals surface area contributed by atoms with Crippen LogP contribution < -0.4 is 5.32 Å². The van der Waals surface area contributed by atoms with Crippen LogP contribution in [0.25, 0.3) is 0 Å². The molecule has 0 aromatic heterocycles. The van der Waals surface area contributed by atoms with Crippen molar-refractivity contribution < 1.29 is 0 Å². The van der Waals surface area contributed by atoms with Gasteiger partial charge in [-0.05, 0) is 31.7 Å². The molecule has 2 heteroatoms. The fraction of sp³-hybridized carbons (Fsp3) is 1.00. The lowest BCUT2D eigenvalue weighted by Gasteiger charge is -2.44. The van der Waals surface area contributed by atoms with E-state index in [4.69, 9.17) is 0 Å². The lowest BCUT2D eigenvalue weighted by atomic mass is 9.82. The largest absolute Gasteiger partial charge is 0.311 e. The first-order valence-electron chi connectivity index (χ1n) is 7.82. The minimum atomic E-state index is 0.750. The van der Waals surface area contributed by atoms with Gasteiger partial charge in [0.05, 0.1) is 0 Å². The summed E-state index contributed by atoms with van der Waals surface area (Å²) in [6.45, 7) is 8.40. The number of rotatable bonds is 4. The number of nitrogens with zero attached hydrogens (tertiary/aromatic N) is 1. The molecule has 0 spiro atoms. The van der Waals surface area contributed by atoms with Crippen LogP contribution in [0.1, 0.15) is 58.8 Å². The Morgan fingerprint density at radius 3 is 2.53 bits per heavy atom. The highest BCUT2D eigenvalue weighted by atomic mass is 15.2. The Balaban J connectivity index is 1.89. The zero-order valence-electron chi connectivity index (χ0n) is 11.8. The summed E-state index contributed by atoms with van der Waals surface area (Å²) in [4.78, 5) is 2.76. The fourth-order valence-corrected chi connectivity index (χ4v) is 3.79. The highest BCUT2D eigenvalue weighted by Gasteiger charge is 2.32. The summed E-state index contributed by atoms with van der Waals surface area (Å²) in [6, 6.07) is 1.58. The van der Waals surface area contributed by atoms with Gasteiger partial charge in [-0.1, -0.05) is 39.5 Å². The molecule has 1 N–H and O–H groups in total. The average Bonchev–Trinajstić information content (AvgIpc) is 2.40. The Labute approximate surface area is 107 Å². The third kappa shape index (κ3) is 3.45. The van der Waals surface area contributed by atoms with Gasteiger partial charge in [-0.15, -0.1) is 0 Å². The molecule has 1 heterocycles. The molecule has 1 aliphatic carbocycles. The Kier molecular flexibility index (Phi) is 5.30. The van der Waals surface area contributed by atoms with Crippen LogP contribution in [0.5, 0.6) is 0 Å². The van der Waals surface area contributed by atoms with Crippen LogP contribution in [-0.4, -0.2) is 36.6 Å². The molecule has 100 valence electrons. The molecule has 1 saturated carbocycles. The summed E-state index contributed by atoms with van der Waals surface area (Å²) in [5.74, 6) is 0.971. The van der Waals surface area contributed by atoms with Crippen molar-refractivity contribution in [2.75, 3.05) is 19.6 Å². The summed E-state index contributed by atoms with van der Waals surface area (Å²) in [7, 11) is 0. The topological polar surface area (TPSA) is 15.3 Å². The molecule has 0 radical (unpaired) electrons. The van der Waals surface area contributed by atoms with Crippen molar-refractivity contribution in [3.63, 3.8) is 0 Å². The summed E-state index contributed by atoms with van der Waals surface area (Å²) >= 11 is 0. The minimum absolute atomic E-state index is 0.750. The summed E-state index contributed by atoms with van der Waals surface area (Å²) in [6.07, 6.45) is 10.0. The molecule has 2 unspecified atom stereocenters. The second-order valence-corrected chi connectivity index (χ2v) is 5.95. The van der Waals surface area contributed by atoms with Gasteiger partial charge in [-0.2, -0.15) is 0 Å². The molecular formula is C15H30N2. The maximum absolute atomic E-state index is 3.79. The average molecular weight is 238 g/mol. The van der Waals surface area contributed by atoms with Crippen LogP contribution in [0.2, 0.25) is 0 Å². The molecule has 1 saturated heterocycles. The molecule has 0 bridgehead atoms. The van der Waals surface area contributed by atoms with E-state index in [1.807, 2.05) is 0 Å². The van der Waals surface area contributed by atoms with E-state index in [1.165, 1.54) is 64.6 Å². The van der Waals surface area contributed by atoms with E-state index >= 15 is 0 Å². The Bertz CT molecular complexity index is 211. The summed E-state index contributed by atoms with van der Waals surface area (Å²) in [5.41, 5.74) is 0. The van der Waals surface area contributed by atoms with E-state index in [2.05, 4.69) is 24.1 Å². The van der Waals surface area contributed by atoms with Gasteiger partial charge in [0.15, 0.2) is 0 Å². The predicted octanol–water partition coefficient (Wildman–Crippen LogP) is 3.03. The second kappa shape index (κ2) is 6.75. The number of likely N-dealkylation sites (N-methyl/N-ethyl adjacent to an activating group) is 1. The number of hydrogen-bond acceptors (Lipinski definition) is 2. The quantitative estimate of drug-likeness (QED) is 0.810. The van der Waals surface area contributed by atoms with Gasteiger partial charge in [0.25, 0.3) is 0 Å². The monoisotopic (exact) mass is 238 g/mol. The lowest BCUT2D eigenvalue weighted by Crippen LogP contribution is -2.58. The minimum Gasteiger partial charge on any atom is -0.311 e. The Hall–Kier alpha value is -0.0800. The third-order valence-electron chi connectivity index (χ3n) is 4.78. The molecule has 2 atom stereocenters. The van der Waals surface area contributed by atoms with Gasteiger partial charge in [-0.25, -0.2) is 0 Å². The van der Waals surface area contributed by atoms with Gasteiger partial charge in [0, 0.05) is 25.2 Å². The van der Waals surface area contributed by atoms with Crippen LogP contribution >= 0.6 is 0 Å². The Morgan fingerprint density at radius 1 is 1.12 bits per heavy atom. The number of nitrogens with one attached hydrogen (secondary N) is 1. The van der Waals surface area contributed by atoms with Crippen LogP contribution in [0.4, 0.5) is 0 Å². The van der Waals surface area contributed by atoms with Crippen molar-refractivity contribution in [1.82, 2.24) is 10.2 Å². The lowest BCUT2D eigenvalue weighted by molar-refractivity contribution is 0.0746. The van der Waals surface area contributed by atoms with Crippen LogP contribution in [0.3, 0.4) is 0 Å². The molecule has 2 aliphatic rings. The van der Waals surface area contributed by atoms with E-state index in [9.17, 15) is 0 Å². The normalized spacial score (nSPS) is 32.8. The maximum Gasteiger partial charge on any atom is 0.0249 e. The van der Waals surface area contributed by atoms with Gasteiger partial charge >= 0.3 is 0 Å². The van der Waals surface area contributed by atoms with Crippen LogP contribution in [0, 0.1) is 5.92 Å². The zero-order valence-corrected chi connectivity index (χ0v) is 11.8. The summed E-state index contributed by atoms with van der Waals surface area (Å²) in [5, 5.41) is 3.79. The second-order valence-electron chi connectivity index (χ2n) is 5.95. The standard InChI is InChI=1S/C15H30N2/c1-3-8-14-12-17(4-2)15(11-16-14)13-9-6-5-7-10-13/h13-16H,3-12H2,1-2H3. The highest BCUT2D eigenvalue weighted by Crippen LogP contribution is 2.30. The summed E-state index contributed by atoms with van der Waals surface area (Å²) < 4.78 is 0. The predicted molar refractivity (Wildman–Crippen MR) is 74.3 cm³/mol. The first-order chi connectivity index (χ1) is 8.35. The molecule has 1 aliphatic heterocycles. The highest BCUT2D eigenvalue weighted by molar-refractivity contribution is 4.90. The fourth-order valence-electron chi connectivity index (χ4n) is 3.79. The number of piperazine rings is 1. The molecular weight excluding hydrogens is 208 g/mol. The Morgan fingerprint density at radius 2 is 1.88 bits per heavy atom. The molecule has 0 aromatic carbocycles. The van der Waals surface area contributed by atoms with Crippen molar-refractivity contribution in [3.05, 3.63) is 0 Å². The van der Waals surface area contributed by atoms with Crippen molar-refractivity contribution in [1.29, 1.82) is 0 Å². The van der Waals surface area contributed by atoms with E-state index in [1.54, 1.807) is 0 Å². The van der Waals surface area contributed by atoms with E-state index in [0.29, 0.717) is 0 Å². The molecule has 2 rings (SSSR count). The van der Waals surface area contributed by atoms with Gasteiger partial charge in [0.1, 0.15) is 0 Å². The van der Waals surface area contributed by atoms with Crippen molar-refractivity contribution >= 4 is 0 Å². The number of hydrogen-bond donors (Lipinski definition) is 1. The van der Waals surface area contributed by atoms with Gasteiger partial charge in [-0.3, -0.25) is 4.90 Å². The molecule has 0 amide bonds. The zero-order chi connectivity index (χ0) is 12.1. The molecule has 17 heavy (non-hydrogen) atoms. The first-order valence-corrected chi connectivity index (χ1v) is 7.82. The van der Waals surface area contributed by atoms with E-state index in [0.717, 1.165) is 18.0 Å².